The average molecular weight is 272 g/mol. The number of anilines is 1. The molecule has 0 fully saturated rings. The number of nitrogens with zero attached hydrogens (tertiary/aromatic N) is 3. The fraction of sp³-hybridized carbons (Fsp3) is 0.500. The van der Waals surface area contributed by atoms with Crippen LogP contribution in [0.15, 0.2) is 10.9 Å². The molecule has 0 aliphatic carbocycles. The van der Waals surface area contributed by atoms with Gasteiger partial charge in [0.1, 0.15) is 11.6 Å². The number of alkyl halides is 1. The second kappa shape index (κ2) is 5.83. The van der Waals surface area contributed by atoms with Crippen molar-refractivity contribution >= 4 is 23.1 Å². The van der Waals surface area contributed by atoms with Crippen molar-refractivity contribution in [3.63, 3.8) is 0 Å². The molecule has 0 spiro atoms. The molecule has 18 heavy (non-hydrogen) atoms. The number of hydrogen-bond acceptors (Lipinski definition) is 5. The van der Waals surface area contributed by atoms with Crippen molar-refractivity contribution < 1.29 is 4.74 Å². The van der Waals surface area contributed by atoms with E-state index in [1.54, 1.807) is 13.0 Å². The number of ether oxygens (including phenoxy) is 1. The maximum Gasteiger partial charge on any atom is 0.349 e. The van der Waals surface area contributed by atoms with Gasteiger partial charge < -0.3 is 10.1 Å². The number of aromatic nitrogens is 4. The van der Waals surface area contributed by atoms with Gasteiger partial charge in [-0.05, 0) is 6.92 Å². The number of fused-ring (bicyclic) bond motifs is 1. The van der Waals surface area contributed by atoms with E-state index in [1.807, 2.05) is 0 Å². The molecule has 2 aromatic rings. The van der Waals surface area contributed by atoms with Crippen LogP contribution in [0, 0.1) is 6.92 Å². The summed E-state index contributed by atoms with van der Waals surface area (Å²) in [4.78, 5) is 15.7. The zero-order chi connectivity index (χ0) is 13.0. The maximum atomic E-state index is 11.4. The van der Waals surface area contributed by atoms with Crippen LogP contribution in [0.5, 0.6) is 0 Å². The van der Waals surface area contributed by atoms with Crippen LogP contribution in [-0.2, 0) is 4.74 Å². The molecule has 0 aliphatic heterocycles. The van der Waals surface area contributed by atoms with Crippen LogP contribution >= 0.6 is 11.6 Å². The Morgan fingerprint density at radius 3 is 3.17 bits per heavy atom. The molecule has 8 heteroatoms. The molecule has 0 saturated carbocycles. The molecule has 0 bridgehead atoms. The first-order valence-corrected chi connectivity index (χ1v) is 6.08. The van der Waals surface area contributed by atoms with Crippen LogP contribution < -0.4 is 11.0 Å². The van der Waals surface area contributed by atoms with E-state index in [9.17, 15) is 4.79 Å². The maximum absolute atomic E-state index is 11.4. The summed E-state index contributed by atoms with van der Waals surface area (Å²) in [5.41, 5.74) is 0.253. The number of hydrogen-bond donors (Lipinski definition) is 2. The number of halogens is 1. The lowest BCUT2D eigenvalue weighted by atomic mass is 10.5. The average Bonchev–Trinajstić information content (AvgIpc) is 2.71. The number of rotatable bonds is 6. The van der Waals surface area contributed by atoms with E-state index in [4.69, 9.17) is 16.3 Å². The van der Waals surface area contributed by atoms with Gasteiger partial charge in [-0.25, -0.2) is 19.3 Å². The van der Waals surface area contributed by atoms with Crippen molar-refractivity contribution in [2.75, 3.05) is 31.0 Å². The van der Waals surface area contributed by atoms with Gasteiger partial charge in [-0.2, -0.15) is 5.10 Å². The molecular formula is C10H14ClN5O2. The summed E-state index contributed by atoms with van der Waals surface area (Å²) in [5.74, 6) is 1.73. The number of aryl methyl sites for hydroxylation is 1. The van der Waals surface area contributed by atoms with Crippen molar-refractivity contribution in [2.45, 2.75) is 6.92 Å². The second-order valence-electron chi connectivity index (χ2n) is 3.64. The van der Waals surface area contributed by atoms with Gasteiger partial charge in [-0.1, -0.05) is 0 Å². The third kappa shape index (κ3) is 2.80. The molecule has 0 aromatic carbocycles. The minimum atomic E-state index is -0.285. The van der Waals surface area contributed by atoms with E-state index in [-0.39, 0.29) is 5.69 Å². The first-order valence-electron chi connectivity index (χ1n) is 5.54. The molecule has 7 nitrogen and oxygen atoms in total. The van der Waals surface area contributed by atoms with Crippen molar-refractivity contribution in [1.29, 1.82) is 0 Å². The minimum Gasteiger partial charge on any atom is -0.378 e. The Labute approximate surface area is 108 Å². The van der Waals surface area contributed by atoms with Crippen molar-refractivity contribution in [1.82, 2.24) is 19.6 Å². The standard InChI is InChI=1S/C10H14ClN5O2/c1-7-13-8(12-3-5-18-4-2-11)6-9-14-15-10(17)16(7)9/h6,12H,2-5H2,1H3,(H,15,17). The monoisotopic (exact) mass is 271 g/mol. The summed E-state index contributed by atoms with van der Waals surface area (Å²) in [6.45, 7) is 3.45. The summed E-state index contributed by atoms with van der Waals surface area (Å²) in [7, 11) is 0. The van der Waals surface area contributed by atoms with E-state index in [0.717, 1.165) is 0 Å². The molecule has 0 atom stereocenters. The molecule has 0 unspecified atom stereocenters. The van der Waals surface area contributed by atoms with E-state index in [2.05, 4.69) is 20.5 Å². The Balaban J connectivity index is 2.03. The number of H-pyrrole nitrogens is 1. The lowest BCUT2D eigenvalue weighted by Crippen LogP contribution is -2.15. The highest BCUT2D eigenvalue weighted by Gasteiger charge is 2.06. The third-order valence-electron chi connectivity index (χ3n) is 2.34. The van der Waals surface area contributed by atoms with Crippen molar-refractivity contribution in [3.8, 4) is 0 Å². The predicted molar refractivity (Wildman–Crippen MR) is 68.4 cm³/mol. The SMILES string of the molecule is Cc1nc(NCCOCCCl)cc2n[nH]c(=O)n12. The van der Waals surface area contributed by atoms with Gasteiger partial charge in [-0.15, -0.1) is 11.6 Å². The predicted octanol–water partition coefficient (Wildman–Crippen LogP) is 0.393. The molecule has 2 aromatic heterocycles. The van der Waals surface area contributed by atoms with Gasteiger partial charge >= 0.3 is 5.69 Å². The number of aromatic amines is 1. The van der Waals surface area contributed by atoms with Crippen LogP contribution in [0.4, 0.5) is 5.82 Å². The molecule has 0 radical (unpaired) electrons. The van der Waals surface area contributed by atoms with Crippen LogP contribution in [0.1, 0.15) is 5.82 Å². The molecule has 2 N–H and O–H groups in total. The minimum absolute atomic E-state index is 0.285. The highest BCUT2D eigenvalue weighted by Crippen LogP contribution is 2.07. The van der Waals surface area contributed by atoms with E-state index < -0.39 is 0 Å². The van der Waals surface area contributed by atoms with Crippen molar-refractivity contribution in [2.24, 2.45) is 0 Å². The Hall–Kier alpha value is -1.60. The largest absolute Gasteiger partial charge is 0.378 e. The smallest absolute Gasteiger partial charge is 0.349 e. The first kappa shape index (κ1) is 12.8. The summed E-state index contributed by atoms with van der Waals surface area (Å²) < 4.78 is 6.64. The summed E-state index contributed by atoms with van der Waals surface area (Å²) in [5, 5.41) is 9.37. The van der Waals surface area contributed by atoms with E-state index in [1.165, 1.54) is 4.40 Å². The van der Waals surface area contributed by atoms with Crippen LogP contribution in [-0.4, -0.2) is 45.2 Å². The molecule has 0 amide bonds. The number of nitrogens with one attached hydrogen (secondary N) is 2. The van der Waals surface area contributed by atoms with Crippen LogP contribution in [0.3, 0.4) is 0 Å². The molecule has 0 aliphatic rings. The lowest BCUT2D eigenvalue weighted by molar-refractivity contribution is 0.160. The van der Waals surface area contributed by atoms with Gasteiger partial charge in [0.2, 0.25) is 0 Å². The first-order chi connectivity index (χ1) is 8.72. The quantitative estimate of drug-likeness (QED) is 0.587. The molecule has 98 valence electrons. The van der Waals surface area contributed by atoms with Crippen LogP contribution in [0.2, 0.25) is 0 Å². The Morgan fingerprint density at radius 2 is 2.39 bits per heavy atom. The van der Waals surface area contributed by atoms with E-state index >= 15 is 0 Å². The molecule has 0 saturated heterocycles. The topological polar surface area (TPSA) is 84.3 Å². The summed E-state index contributed by atoms with van der Waals surface area (Å²) >= 11 is 5.48. The van der Waals surface area contributed by atoms with E-state index in [0.29, 0.717) is 42.9 Å². The fourth-order valence-electron chi connectivity index (χ4n) is 1.60. The molecular weight excluding hydrogens is 258 g/mol. The zero-order valence-electron chi connectivity index (χ0n) is 9.94. The van der Waals surface area contributed by atoms with Gasteiger partial charge in [0, 0.05) is 18.5 Å². The summed E-state index contributed by atoms with van der Waals surface area (Å²) in [6, 6.07) is 1.70. The summed E-state index contributed by atoms with van der Waals surface area (Å²) in [6.07, 6.45) is 0. The van der Waals surface area contributed by atoms with Gasteiger partial charge in [0.05, 0.1) is 13.2 Å². The highest BCUT2D eigenvalue weighted by molar-refractivity contribution is 6.17. The van der Waals surface area contributed by atoms with Gasteiger partial charge in [-0.3, -0.25) is 0 Å². The molecule has 2 rings (SSSR count). The zero-order valence-corrected chi connectivity index (χ0v) is 10.7. The van der Waals surface area contributed by atoms with Gasteiger partial charge in [0.15, 0.2) is 5.65 Å². The Morgan fingerprint density at radius 1 is 1.56 bits per heavy atom. The third-order valence-corrected chi connectivity index (χ3v) is 2.50. The van der Waals surface area contributed by atoms with Gasteiger partial charge in [0.25, 0.3) is 0 Å². The Kier molecular flexibility index (Phi) is 4.16. The molecule has 2 heterocycles. The van der Waals surface area contributed by atoms with Crippen molar-refractivity contribution in [3.05, 3.63) is 22.4 Å². The normalized spacial score (nSPS) is 11.0. The van der Waals surface area contributed by atoms with Crippen LogP contribution in [0.25, 0.3) is 5.65 Å². The Bertz CT molecular complexity index is 579. The lowest BCUT2D eigenvalue weighted by Gasteiger charge is -2.07. The highest BCUT2D eigenvalue weighted by atomic mass is 35.5. The fourth-order valence-corrected chi connectivity index (χ4v) is 1.71. The second-order valence-corrected chi connectivity index (χ2v) is 4.02.